The van der Waals surface area contributed by atoms with Crippen molar-refractivity contribution in [2.45, 2.75) is 5.41 Å². The zero-order valence-electron chi connectivity index (χ0n) is 32.2. The van der Waals surface area contributed by atoms with E-state index in [1.165, 1.54) is 55.3 Å². The van der Waals surface area contributed by atoms with Crippen LogP contribution < -0.4 is 0 Å². The summed E-state index contributed by atoms with van der Waals surface area (Å²) in [5, 5.41) is 2.38. The summed E-state index contributed by atoms with van der Waals surface area (Å²) in [5.74, 6) is 0.694. The zero-order chi connectivity index (χ0) is 39.2. The maximum Gasteiger partial charge on any atom is 0.160 e. The Morgan fingerprint density at radius 1 is 0.305 bits per heavy atom. The fraction of sp³-hybridized carbons (Fsp3) is 0.0179. The fourth-order valence-corrected chi connectivity index (χ4v) is 9.18. The summed E-state index contributed by atoms with van der Waals surface area (Å²) in [6.45, 7) is 0. The molecule has 3 nitrogen and oxygen atoms in total. The van der Waals surface area contributed by atoms with Crippen molar-refractivity contribution in [1.29, 1.82) is 0 Å². The number of fused-ring (bicyclic) bond motifs is 4. The number of hydrogen-bond donors (Lipinski definition) is 0. The van der Waals surface area contributed by atoms with Gasteiger partial charge in [-0.15, -0.1) is 0 Å². The monoisotopic (exact) mass is 751 g/mol. The molecule has 0 N–H and O–H groups in total. The van der Waals surface area contributed by atoms with E-state index in [0.717, 1.165) is 39.3 Å². The maximum absolute atomic E-state index is 5.26. The Kier molecular flexibility index (Phi) is 8.37. The van der Waals surface area contributed by atoms with E-state index in [-0.39, 0.29) is 0 Å². The average molecular weight is 752 g/mol. The summed E-state index contributed by atoms with van der Waals surface area (Å²) in [5.41, 5.74) is 16.0. The Morgan fingerprint density at radius 2 is 0.763 bits per heavy atom. The number of nitrogens with zero attached hydrogens (tertiary/aromatic N) is 3. The van der Waals surface area contributed by atoms with Crippen molar-refractivity contribution in [2.24, 2.45) is 0 Å². The van der Waals surface area contributed by atoms with Gasteiger partial charge in [-0.1, -0.05) is 188 Å². The SMILES string of the molecule is c1ccc(-c2cc(-c3ccccc3)nc(-c3ccc4c(c3)C(c3ccccc3)(c3ccccc3)c3cc(-c5ccc(-c6ccccn6)c6ccccc56)ccc3-4)n2)cc1. The van der Waals surface area contributed by atoms with Gasteiger partial charge in [-0.2, -0.15) is 0 Å². The zero-order valence-corrected chi connectivity index (χ0v) is 32.2. The van der Waals surface area contributed by atoms with Crippen molar-refractivity contribution in [1.82, 2.24) is 15.0 Å². The number of benzene rings is 8. The molecular formula is C56H37N3. The Balaban J connectivity index is 1.15. The summed E-state index contributed by atoms with van der Waals surface area (Å²) in [4.78, 5) is 15.2. The van der Waals surface area contributed by atoms with Gasteiger partial charge in [-0.05, 0) is 85.6 Å². The van der Waals surface area contributed by atoms with E-state index < -0.39 is 5.41 Å². The van der Waals surface area contributed by atoms with Crippen LogP contribution in [-0.4, -0.2) is 15.0 Å². The van der Waals surface area contributed by atoms with E-state index in [2.05, 4.69) is 200 Å². The molecule has 0 saturated carbocycles. The van der Waals surface area contributed by atoms with Gasteiger partial charge < -0.3 is 0 Å². The number of rotatable bonds is 7. The van der Waals surface area contributed by atoms with Crippen LogP contribution in [0.4, 0.5) is 0 Å². The normalized spacial score (nSPS) is 12.5. The van der Waals surface area contributed by atoms with E-state index in [9.17, 15) is 0 Å². The van der Waals surface area contributed by atoms with Crippen molar-refractivity contribution >= 4 is 10.8 Å². The van der Waals surface area contributed by atoms with Crippen molar-refractivity contribution < 1.29 is 0 Å². The van der Waals surface area contributed by atoms with E-state index in [0.29, 0.717) is 5.82 Å². The largest absolute Gasteiger partial charge is 0.256 e. The van der Waals surface area contributed by atoms with Gasteiger partial charge in [0.25, 0.3) is 0 Å². The summed E-state index contributed by atoms with van der Waals surface area (Å²) >= 11 is 0. The minimum atomic E-state index is -0.623. The summed E-state index contributed by atoms with van der Waals surface area (Å²) in [7, 11) is 0. The van der Waals surface area contributed by atoms with Crippen LogP contribution in [0.1, 0.15) is 22.3 Å². The van der Waals surface area contributed by atoms with E-state index >= 15 is 0 Å². The molecule has 0 saturated heterocycles. The van der Waals surface area contributed by atoms with E-state index in [1.807, 2.05) is 24.4 Å². The molecule has 3 heteroatoms. The molecule has 10 aromatic rings. The maximum atomic E-state index is 5.26. The molecule has 0 spiro atoms. The van der Waals surface area contributed by atoms with Gasteiger partial charge in [0.2, 0.25) is 0 Å². The standard InChI is InChI=1S/C56H37N3/c1-5-17-38(18-6-1)53-37-54(39-19-7-2-8-20-39)59-55(58-53)41-29-31-48-47-30-28-40(44-32-33-49(52-27-15-16-34-57-52)46-26-14-13-25-45(44)46)35-50(47)56(51(48)36-41,42-21-9-3-10-22-42)43-23-11-4-12-24-43/h1-37H. The smallest absolute Gasteiger partial charge is 0.160 e. The number of pyridine rings is 1. The topological polar surface area (TPSA) is 38.7 Å². The van der Waals surface area contributed by atoms with Gasteiger partial charge in [0, 0.05) is 28.5 Å². The number of aromatic nitrogens is 3. The van der Waals surface area contributed by atoms with Crippen LogP contribution in [-0.2, 0) is 5.41 Å². The predicted molar refractivity (Wildman–Crippen MR) is 242 cm³/mol. The van der Waals surface area contributed by atoms with Gasteiger partial charge in [0.15, 0.2) is 5.82 Å². The molecule has 2 aromatic heterocycles. The first kappa shape index (κ1) is 34.5. The Labute approximate surface area is 344 Å². The van der Waals surface area contributed by atoms with Gasteiger partial charge in [-0.3, -0.25) is 4.98 Å². The molecule has 0 atom stereocenters. The Hall–Kier alpha value is -7.75. The molecule has 8 aromatic carbocycles. The lowest BCUT2D eigenvalue weighted by Gasteiger charge is -2.34. The second-order valence-electron chi connectivity index (χ2n) is 15.1. The van der Waals surface area contributed by atoms with Crippen LogP contribution in [0.3, 0.4) is 0 Å². The Bertz CT molecular complexity index is 3030. The molecule has 0 aliphatic heterocycles. The molecule has 0 fully saturated rings. The second-order valence-corrected chi connectivity index (χ2v) is 15.1. The quantitative estimate of drug-likeness (QED) is 0.163. The third-order valence-electron chi connectivity index (χ3n) is 11.9. The first-order chi connectivity index (χ1) is 29.3. The average Bonchev–Trinajstić information content (AvgIpc) is 3.62. The van der Waals surface area contributed by atoms with Gasteiger partial charge >= 0.3 is 0 Å². The first-order valence-electron chi connectivity index (χ1n) is 20.1. The van der Waals surface area contributed by atoms with Gasteiger partial charge in [-0.25, -0.2) is 9.97 Å². The summed E-state index contributed by atoms with van der Waals surface area (Å²) < 4.78 is 0. The molecule has 276 valence electrons. The molecule has 1 aliphatic carbocycles. The van der Waals surface area contributed by atoms with Crippen LogP contribution in [0.25, 0.3) is 78.2 Å². The molecular weight excluding hydrogens is 715 g/mol. The van der Waals surface area contributed by atoms with Gasteiger partial charge in [0.1, 0.15) is 0 Å². The highest BCUT2D eigenvalue weighted by atomic mass is 14.9. The molecule has 0 amide bonds. The molecule has 1 aliphatic rings. The lowest BCUT2D eigenvalue weighted by molar-refractivity contribution is 0.769. The third kappa shape index (κ3) is 5.78. The predicted octanol–water partition coefficient (Wildman–Crippen LogP) is 13.7. The molecule has 0 unspecified atom stereocenters. The number of hydrogen-bond acceptors (Lipinski definition) is 3. The summed E-state index contributed by atoms with van der Waals surface area (Å²) in [6, 6.07) is 78.1. The highest BCUT2D eigenvalue weighted by Crippen LogP contribution is 2.57. The molecule has 59 heavy (non-hydrogen) atoms. The Morgan fingerprint density at radius 3 is 1.32 bits per heavy atom. The van der Waals surface area contributed by atoms with Crippen molar-refractivity contribution in [3.63, 3.8) is 0 Å². The highest BCUT2D eigenvalue weighted by molar-refractivity contribution is 6.05. The van der Waals surface area contributed by atoms with Crippen molar-refractivity contribution in [3.05, 3.63) is 247 Å². The molecule has 0 radical (unpaired) electrons. The van der Waals surface area contributed by atoms with Crippen LogP contribution in [0.2, 0.25) is 0 Å². The minimum Gasteiger partial charge on any atom is -0.256 e. The lowest BCUT2D eigenvalue weighted by atomic mass is 9.67. The lowest BCUT2D eigenvalue weighted by Crippen LogP contribution is -2.28. The summed E-state index contributed by atoms with van der Waals surface area (Å²) in [6.07, 6.45) is 1.86. The molecule has 11 rings (SSSR count). The van der Waals surface area contributed by atoms with Crippen LogP contribution in [0.5, 0.6) is 0 Å². The first-order valence-corrected chi connectivity index (χ1v) is 20.1. The van der Waals surface area contributed by atoms with Crippen molar-refractivity contribution in [2.75, 3.05) is 0 Å². The minimum absolute atomic E-state index is 0.623. The second kappa shape index (κ2) is 14.3. The van der Waals surface area contributed by atoms with Crippen LogP contribution >= 0.6 is 0 Å². The molecule has 0 bridgehead atoms. The van der Waals surface area contributed by atoms with Gasteiger partial charge in [0.05, 0.1) is 22.5 Å². The third-order valence-corrected chi connectivity index (χ3v) is 11.9. The van der Waals surface area contributed by atoms with Crippen LogP contribution in [0, 0.1) is 0 Å². The fourth-order valence-electron chi connectivity index (χ4n) is 9.18. The highest BCUT2D eigenvalue weighted by Gasteiger charge is 2.46. The van der Waals surface area contributed by atoms with E-state index in [1.54, 1.807) is 0 Å². The van der Waals surface area contributed by atoms with E-state index in [4.69, 9.17) is 15.0 Å². The van der Waals surface area contributed by atoms with Crippen LogP contribution in [0.15, 0.2) is 225 Å². The van der Waals surface area contributed by atoms with Crippen molar-refractivity contribution in [3.8, 4) is 67.4 Å². The molecule has 2 heterocycles.